The van der Waals surface area contributed by atoms with Gasteiger partial charge in [0.25, 0.3) is 5.91 Å². The highest BCUT2D eigenvalue weighted by Gasteiger charge is 2.47. The third kappa shape index (κ3) is 5.54. The second-order valence-electron chi connectivity index (χ2n) is 10.7. The number of benzene rings is 2. The fourth-order valence-electron chi connectivity index (χ4n) is 5.13. The lowest BCUT2D eigenvalue weighted by Gasteiger charge is -2.35. The molecule has 206 valence electrons. The van der Waals surface area contributed by atoms with Gasteiger partial charge in [-0.1, -0.05) is 29.4 Å². The maximum Gasteiger partial charge on any atom is 0.416 e. The molecule has 5 rings (SSSR count). The van der Waals surface area contributed by atoms with E-state index in [0.717, 1.165) is 28.8 Å². The normalized spacial score (nSPS) is 19.0. The van der Waals surface area contributed by atoms with E-state index in [2.05, 4.69) is 15.5 Å². The van der Waals surface area contributed by atoms with Crippen LogP contribution in [0.1, 0.15) is 60.2 Å². The third-order valence-corrected chi connectivity index (χ3v) is 7.26. The van der Waals surface area contributed by atoms with Crippen molar-refractivity contribution in [2.24, 2.45) is 5.92 Å². The first-order chi connectivity index (χ1) is 18.3. The van der Waals surface area contributed by atoms with Gasteiger partial charge >= 0.3 is 6.18 Å². The summed E-state index contributed by atoms with van der Waals surface area (Å²) in [5.74, 6) is -0.0540. The number of alkyl halides is 3. The van der Waals surface area contributed by atoms with Crippen LogP contribution in [-0.4, -0.2) is 44.1 Å². The number of rotatable bonds is 6. The Morgan fingerprint density at radius 2 is 1.95 bits per heavy atom. The Morgan fingerprint density at radius 1 is 1.18 bits per heavy atom. The minimum atomic E-state index is -4.48. The molecule has 2 heterocycles. The van der Waals surface area contributed by atoms with Gasteiger partial charge in [-0.2, -0.15) is 18.2 Å². The molecule has 2 aromatic carbocycles. The molecule has 1 fully saturated rings. The Kier molecular flexibility index (Phi) is 6.74. The molecular weight excluding hydrogens is 513 g/mol. The molecule has 1 aliphatic carbocycles. The summed E-state index contributed by atoms with van der Waals surface area (Å²) < 4.78 is 45.4. The molecule has 39 heavy (non-hydrogen) atoms. The van der Waals surface area contributed by atoms with E-state index in [9.17, 15) is 27.9 Å². The van der Waals surface area contributed by atoms with Crippen LogP contribution < -0.4 is 5.32 Å². The SMILES string of the molecule is Cc1noc([C@@H]2C[C@H]2C(=O)NCc2ccc(-c3cccc(C(F)(F)F)c3)c3c2CN(C(=O)C(C)(C)O)CC3)n1. The molecule has 8 nitrogen and oxygen atoms in total. The monoisotopic (exact) mass is 542 g/mol. The number of carbonyl (C=O) groups excluding carboxylic acids is 2. The molecule has 2 N–H and O–H groups in total. The van der Waals surface area contributed by atoms with Crippen molar-refractivity contribution in [3.63, 3.8) is 0 Å². The Morgan fingerprint density at radius 3 is 2.62 bits per heavy atom. The van der Waals surface area contributed by atoms with Gasteiger partial charge in [-0.3, -0.25) is 9.59 Å². The first-order valence-corrected chi connectivity index (χ1v) is 12.7. The largest absolute Gasteiger partial charge is 0.416 e. The standard InChI is InChI=1S/C28H29F3N4O4/c1-15-33-25(39-34-15)22-12-21(22)24(36)32-13-17-7-8-19(16-5-4-6-18(11-16)28(29,30)31)20-9-10-35(14-23(17)20)26(37)27(2,3)38/h4-8,11,21-22,38H,9-10,12-14H2,1-3H3,(H,32,36)/t21-,22-/m1/s1. The van der Waals surface area contributed by atoms with Crippen LogP contribution in [0.25, 0.3) is 11.1 Å². The Balaban J connectivity index is 1.42. The van der Waals surface area contributed by atoms with Gasteiger partial charge in [-0.05, 0) is 73.6 Å². The predicted octanol–water partition coefficient (Wildman–Crippen LogP) is 4.14. The van der Waals surface area contributed by atoms with Crippen molar-refractivity contribution < 1.29 is 32.4 Å². The Hall–Kier alpha value is -3.73. The summed E-state index contributed by atoms with van der Waals surface area (Å²) in [4.78, 5) is 31.4. The second kappa shape index (κ2) is 9.78. The van der Waals surface area contributed by atoms with Crippen LogP contribution in [0.4, 0.5) is 13.2 Å². The molecule has 11 heteroatoms. The van der Waals surface area contributed by atoms with Crippen molar-refractivity contribution in [2.75, 3.05) is 6.54 Å². The number of aryl methyl sites for hydroxylation is 1. The number of nitrogens with zero attached hydrogens (tertiary/aromatic N) is 3. The highest BCUT2D eigenvalue weighted by Crippen LogP contribution is 2.47. The minimum Gasteiger partial charge on any atom is -0.381 e. The topological polar surface area (TPSA) is 109 Å². The summed E-state index contributed by atoms with van der Waals surface area (Å²) in [5, 5.41) is 17.0. The van der Waals surface area contributed by atoms with Gasteiger partial charge in [-0.25, -0.2) is 0 Å². The van der Waals surface area contributed by atoms with E-state index in [1.54, 1.807) is 30.0 Å². The number of aliphatic hydroxyl groups is 1. The van der Waals surface area contributed by atoms with Crippen LogP contribution in [-0.2, 0) is 35.3 Å². The average molecular weight is 543 g/mol. The van der Waals surface area contributed by atoms with Crippen molar-refractivity contribution >= 4 is 11.8 Å². The highest BCUT2D eigenvalue weighted by molar-refractivity contribution is 5.85. The number of amides is 2. The first-order valence-electron chi connectivity index (χ1n) is 12.7. The van der Waals surface area contributed by atoms with Crippen molar-refractivity contribution in [2.45, 2.75) is 64.4 Å². The zero-order valence-corrected chi connectivity index (χ0v) is 21.8. The molecule has 0 saturated heterocycles. The number of halogens is 3. The van der Waals surface area contributed by atoms with Crippen LogP contribution in [0, 0.1) is 12.8 Å². The van der Waals surface area contributed by atoms with E-state index in [1.807, 2.05) is 0 Å². The Bertz CT molecular complexity index is 1430. The van der Waals surface area contributed by atoms with Gasteiger partial charge in [0.1, 0.15) is 5.60 Å². The van der Waals surface area contributed by atoms with Crippen LogP contribution in [0.3, 0.4) is 0 Å². The fraction of sp³-hybridized carbons (Fsp3) is 0.429. The Labute approximate surface area is 223 Å². The third-order valence-electron chi connectivity index (χ3n) is 7.26. The van der Waals surface area contributed by atoms with Crippen LogP contribution in [0.2, 0.25) is 0 Å². The molecule has 2 amide bonds. The summed E-state index contributed by atoms with van der Waals surface area (Å²) in [6.45, 7) is 5.21. The van der Waals surface area contributed by atoms with Gasteiger partial charge in [-0.15, -0.1) is 0 Å². The van der Waals surface area contributed by atoms with Crippen molar-refractivity contribution in [1.29, 1.82) is 0 Å². The van der Waals surface area contributed by atoms with Crippen LogP contribution >= 0.6 is 0 Å². The number of fused-ring (bicyclic) bond motifs is 1. The van der Waals surface area contributed by atoms with Crippen LogP contribution in [0.15, 0.2) is 40.9 Å². The van der Waals surface area contributed by atoms with Crippen molar-refractivity contribution in [3.05, 3.63) is 70.4 Å². The molecule has 0 bridgehead atoms. The zero-order valence-electron chi connectivity index (χ0n) is 21.8. The summed E-state index contributed by atoms with van der Waals surface area (Å²) in [6, 6.07) is 8.71. The lowest BCUT2D eigenvalue weighted by molar-refractivity contribution is -0.148. The van der Waals surface area contributed by atoms with E-state index in [4.69, 9.17) is 4.52 Å². The zero-order chi connectivity index (χ0) is 28.1. The van der Waals surface area contributed by atoms with Gasteiger partial charge in [0.2, 0.25) is 11.8 Å². The quantitative estimate of drug-likeness (QED) is 0.485. The smallest absolute Gasteiger partial charge is 0.381 e. The van der Waals surface area contributed by atoms with Gasteiger partial charge in [0.15, 0.2) is 5.82 Å². The van der Waals surface area contributed by atoms with Crippen LogP contribution in [0.5, 0.6) is 0 Å². The molecule has 3 aromatic rings. The number of aromatic nitrogens is 2. The highest BCUT2D eigenvalue weighted by atomic mass is 19.4. The second-order valence-corrected chi connectivity index (χ2v) is 10.7. The van der Waals surface area contributed by atoms with Crippen molar-refractivity contribution in [1.82, 2.24) is 20.4 Å². The summed E-state index contributed by atoms with van der Waals surface area (Å²) in [6.07, 6.45) is -3.48. The predicted molar refractivity (Wildman–Crippen MR) is 134 cm³/mol. The summed E-state index contributed by atoms with van der Waals surface area (Å²) in [5.41, 5.74) is 1.10. The van der Waals surface area contributed by atoms with E-state index in [-0.39, 0.29) is 30.8 Å². The minimum absolute atomic E-state index is 0.122. The fourth-order valence-corrected chi connectivity index (χ4v) is 5.13. The van der Waals surface area contributed by atoms with E-state index >= 15 is 0 Å². The number of nitrogens with one attached hydrogen (secondary N) is 1. The van der Waals surface area contributed by atoms with E-state index in [0.29, 0.717) is 42.2 Å². The van der Waals surface area contributed by atoms with Crippen molar-refractivity contribution in [3.8, 4) is 11.1 Å². The average Bonchev–Trinajstić information content (AvgIpc) is 3.58. The van der Waals surface area contributed by atoms with Gasteiger partial charge < -0.3 is 19.8 Å². The molecule has 1 aromatic heterocycles. The molecule has 1 saturated carbocycles. The molecule has 0 unspecified atom stereocenters. The first kappa shape index (κ1) is 26.9. The summed E-state index contributed by atoms with van der Waals surface area (Å²) in [7, 11) is 0. The molecule has 2 aliphatic rings. The molecule has 0 radical (unpaired) electrons. The molecular formula is C28H29F3N4O4. The molecule has 0 spiro atoms. The maximum absolute atomic E-state index is 13.4. The van der Waals surface area contributed by atoms with E-state index < -0.39 is 23.2 Å². The van der Waals surface area contributed by atoms with Gasteiger partial charge in [0.05, 0.1) is 17.4 Å². The lowest BCUT2D eigenvalue weighted by atomic mass is 9.86. The summed E-state index contributed by atoms with van der Waals surface area (Å²) >= 11 is 0. The number of hydrogen-bond donors (Lipinski definition) is 2. The molecule has 2 atom stereocenters. The number of hydrogen-bond acceptors (Lipinski definition) is 6. The maximum atomic E-state index is 13.4. The number of carbonyl (C=O) groups is 2. The lowest BCUT2D eigenvalue weighted by Crippen LogP contribution is -2.47. The molecule has 1 aliphatic heterocycles. The van der Waals surface area contributed by atoms with Gasteiger partial charge in [0, 0.05) is 19.6 Å². The van der Waals surface area contributed by atoms with E-state index in [1.165, 1.54) is 19.9 Å².